The Balaban J connectivity index is 2.10. The summed E-state index contributed by atoms with van der Waals surface area (Å²) in [7, 11) is 2.72. The molecule has 0 aliphatic heterocycles. The van der Waals surface area contributed by atoms with Crippen molar-refractivity contribution >= 4 is 17.0 Å². The summed E-state index contributed by atoms with van der Waals surface area (Å²) >= 11 is 0. The van der Waals surface area contributed by atoms with E-state index in [0.29, 0.717) is 28.0 Å². The number of pyridine rings is 2. The first-order chi connectivity index (χ1) is 14.5. The smallest absolute Gasteiger partial charge is 0.355 e. The lowest BCUT2D eigenvalue weighted by Crippen LogP contribution is -2.15. The molecule has 0 aliphatic carbocycles. The normalized spacial score (nSPS) is 10.9. The minimum Gasteiger partial charge on any atom is -0.481 e. The first-order valence-corrected chi connectivity index (χ1v) is 9.12. The average molecular weight is 407 g/mol. The van der Waals surface area contributed by atoms with Gasteiger partial charge in [-0.1, -0.05) is 18.2 Å². The fraction of sp³-hybridized carbons (Fsp3) is 0.136. The molecule has 3 aromatic heterocycles. The molecule has 0 radical (unpaired) electrons. The van der Waals surface area contributed by atoms with Crippen molar-refractivity contribution in [2.24, 2.45) is 0 Å². The summed E-state index contributed by atoms with van der Waals surface area (Å²) in [5.41, 5.74) is 1.56. The highest BCUT2D eigenvalue weighted by Gasteiger charge is 2.27. The van der Waals surface area contributed by atoms with Crippen LogP contribution in [0, 0.1) is 5.82 Å². The van der Waals surface area contributed by atoms with Crippen LogP contribution >= 0.6 is 0 Å². The zero-order chi connectivity index (χ0) is 21.3. The van der Waals surface area contributed by atoms with Gasteiger partial charge >= 0.3 is 5.97 Å². The fourth-order valence-corrected chi connectivity index (χ4v) is 3.46. The molecule has 0 bridgehead atoms. The average Bonchev–Trinajstić information content (AvgIpc) is 3.08. The molecule has 152 valence electrons. The maximum absolute atomic E-state index is 14.4. The van der Waals surface area contributed by atoms with E-state index in [-0.39, 0.29) is 17.8 Å². The lowest BCUT2D eigenvalue weighted by atomic mass is 10.1. The quantitative estimate of drug-likeness (QED) is 0.513. The molecule has 0 spiro atoms. The molecule has 7 nitrogen and oxygen atoms in total. The van der Waals surface area contributed by atoms with Gasteiger partial charge in [0.2, 0.25) is 5.88 Å². The topological polar surface area (TPSA) is 86.2 Å². The van der Waals surface area contributed by atoms with Gasteiger partial charge in [0.15, 0.2) is 0 Å². The van der Waals surface area contributed by atoms with Crippen LogP contribution in [-0.4, -0.2) is 34.7 Å². The number of nitrogens with zero attached hydrogens (tertiary/aromatic N) is 2. The van der Waals surface area contributed by atoms with Gasteiger partial charge < -0.3 is 19.0 Å². The highest BCUT2D eigenvalue weighted by atomic mass is 19.1. The number of methoxy groups -OCH3 is 2. The molecule has 0 aliphatic rings. The second-order valence-corrected chi connectivity index (χ2v) is 6.53. The number of aromatic nitrogens is 3. The SMILES string of the molecule is COC(=O)c1c(-c2ccc[nH]c2=O)c2nc(OC)ccc2n1Cc1ccccc1F. The van der Waals surface area contributed by atoms with Gasteiger partial charge in [-0.25, -0.2) is 14.2 Å². The summed E-state index contributed by atoms with van der Waals surface area (Å²) < 4.78 is 26.2. The summed E-state index contributed by atoms with van der Waals surface area (Å²) in [5, 5.41) is 0. The number of esters is 1. The molecule has 0 saturated heterocycles. The van der Waals surface area contributed by atoms with Crippen LogP contribution in [0.5, 0.6) is 5.88 Å². The molecule has 0 amide bonds. The Labute approximate surface area is 170 Å². The van der Waals surface area contributed by atoms with Crippen molar-refractivity contribution in [3.8, 4) is 17.0 Å². The number of hydrogen-bond donors (Lipinski definition) is 1. The lowest BCUT2D eigenvalue weighted by molar-refractivity contribution is 0.0590. The minimum absolute atomic E-state index is 0.0480. The van der Waals surface area contributed by atoms with Gasteiger partial charge in [-0.15, -0.1) is 0 Å². The summed E-state index contributed by atoms with van der Waals surface area (Å²) in [6.45, 7) is 0.0480. The number of aromatic amines is 1. The molecule has 1 N–H and O–H groups in total. The zero-order valence-electron chi connectivity index (χ0n) is 16.3. The fourth-order valence-electron chi connectivity index (χ4n) is 3.46. The van der Waals surface area contributed by atoms with Gasteiger partial charge in [-0.3, -0.25) is 4.79 Å². The molecule has 0 fully saturated rings. The zero-order valence-corrected chi connectivity index (χ0v) is 16.3. The van der Waals surface area contributed by atoms with E-state index in [0.717, 1.165) is 0 Å². The molecule has 8 heteroatoms. The number of halogens is 1. The molecule has 4 aromatic rings. The number of carbonyl (C=O) groups excluding carboxylic acids is 1. The van der Waals surface area contributed by atoms with Crippen LogP contribution < -0.4 is 10.3 Å². The number of fused-ring (bicyclic) bond motifs is 1. The van der Waals surface area contributed by atoms with E-state index in [1.807, 2.05) is 0 Å². The highest BCUT2D eigenvalue weighted by molar-refractivity contribution is 6.07. The predicted octanol–water partition coefficient (Wildman–Crippen LogP) is 3.37. The number of H-pyrrole nitrogens is 1. The Morgan fingerprint density at radius 1 is 1.13 bits per heavy atom. The standard InChI is InChI=1S/C22H18FN3O4/c1-29-17-10-9-16-19(25-17)18(14-7-5-11-24-21(14)27)20(22(28)30-2)26(16)12-13-6-3-4-8-15(13)23/h3-11H,12H2,1-2H3,(H,24,27). The maximum Gasteiger partial charge on any atom is 0.355 e. The molecule has 4 rings (SSSR count). The van der Waals surface area contributed by atoms with E-state index in [1.165, 1.54) is 26.5 Å². The summed E-state index contributed by atoms with van der Waals surface area (Å²) in [4.78, 5) is 32.5. The van der Waals surface area contributed by atoms with Gasteiger partial charge in [-0.05, 0) is 24.3 Å². The van der Waals surface area contributed by atoms with E-state index in [4.69, 9.17) is 9.47 Å². The van der Waals surface area contributed by atoms with E-state index in [2.05, 4.69) is 9.97 Å². The van der Waals surface area contributed by atoms with Crippen LogP contribution in [0.25, 0.3) is 22.2 Å². The Morgan fingerprint density at radius 3 is 2.63 bits per heavy atom. The van der Waals surface area contributed by atoms with Crippen LogP contribution in [0.1, 0.15) is 16.1 Å². The first kappa shape index (κ1) is 19.4. The molecular formula is C22H18FN3O4. The number of ether oxygens (including phenoxy) is 2. The van der Waals surface area contributed by atoms with Crippen molar-refractivity contribution in [2.45, 2.75) is 6.54 Å². The summed E-state index contributed by atoms with van der Waals surface area (Å²) in [5.74, 6) is -0.757. The Kier molecular flexibility index (Phi) is 5.05. The van der Waals surface area contributed by atoms with E-state index in [9.17, 15) is 14.0 Å². The molecule has 30 heavy (non-hydrogen) atoms. The Bertz CT molecular complexity index is 1310. The van der Waals surface area contributed by atoms with Crippen LogP contribution in [0.4, 0.5) is 4.39 Å². The predicted molar refractivity (Wildman–Crippen MR) is 109 cm³/mol. The number of benzene rings is 1. The number of carbonyl (C=O) groups is 1. The highest BCUT2D eigenvalue weighted by Crippen LogP contribution is 2.34. The van der Waals surface area contributed by atoms with Gasteiger partial charge in [-0.2, -0.15) is 0 Å². The second-order valence-electron chi connectivity index (χ2n) is 6.53. The third-order valence-corrected chi connectivity index (χ3v) is 4.84. The summed E-state index contributed by atoms with van der Waals surface area (Å²) in [6, 6.07) is 12.9. The van der Waals surface area contributed by atoms with Crippen molar-refractivity contribution in [3.05, 3.63) is 82.2 Å². The van der Waals surface area contributed by atoms with Crippen molar-refractivity contribution < 1.29 is 18.7 Å². The van der Waals surface area contributed by atoms with Gasteiger partial charge in [0.1, 0.15) is 17.0 Å². The van der Waals surface area contributed by atoms with Crippen LogP contribution in [0.2, 0.25) is 0 Å². The van der Waals surface area contributed by atoms with E-state index >= 15 is 0 Å². The molecular weight excluding hydrogens is 389 g/mol. The third-order valence-electron chi connectivity index (χ3n) is 4.84. The Morgan fingerprint density at radius 2 is 1.93 bits per heavy atom. The third kappa shape index (κ3) is 3.22. The first-order valence-electron chi connectivity index (χ1n) is 9.12. The van der Waals surface area contributed by atoms with Gasteiger partial charge in [0, 0.05) is 23.4 Å². The lowest BCUT2D eigenvalue weighted by Gasteiger charge is -2.11. The molecule has 1 aromatic carbocycles. The number of rotatable bonds is 5. The van der Waals surface area contributed by atoms with Crippen LogP contribution in [0.15, 0.2) is 59.5 Å². The van der Waals surface area contributed by atoms with E-state index in [1.54, 1.807) is 47.0 Å². The van der Waals surface area contributed by atoms with Crippen molar-refractivity contribution in [1.29, 1.82) is 0 Å². The van der Waals surface area contributed by atoms with Crippen molar-refractivity contribution in [3.63, 3.8) is 0 Å². The minimum atomic E-state index is -0.665. The largest absolute Gasteiger partial charge is 0.481 e. The van der Waals surface area contributed by atoms with Crippen LogP contribution in [0.3, 0.4) is 0 Å². The number of hydrogen-bond acceptors (Lipinski definition) is 5. The maximum atomic E-state index is 14.4. The van der Waals surface area contributed by atoms with Crippen molar-refractivity contribution in [2.75, 3.05) is 14.2 Å². The van der Waals surface area contributed by atoms with Crippen LogP contribution in [-0.2, 0) is 11.3 Å². The van der Waals surface area contributed by atoms with E-state index < -0.39 is 17.3 Å². The molecule has 3 heterocycles. The Hall–Kier alpha value is -3.94. The second kappa shape index (κ2) is 7.82. The van der Waals surface area contributed by atoms with Crippen molar-refractivity contribution in [1.82, 2.24) is 14.5 Å². The number of nitrogens with one attached hydrogen (secondary N) is 1. The monoisotopic (exact) mass is 407 g/mol. The summed E-state index contributed by atoms with van der Waals surface area (Å²) in [6.07, 6.45) is 1.50. The van der Waals surface area contributed by atoms with Gasteiger partial charge in [0.25, 0.3) is 5.56 Å². The van der Waals surface area contributed by atoms with Gasteiger partial charge in [0.05, 0.1) is 31.8 Å². The molecule has 0 saturated carbocycles. The molecule has 0 atom stereocenters. The molecule has 0 unspecified atom stereocenters.